The van der Waals surface area contributed by atoms with Crippen molar-refractivity contribution in [1.29, 1.82) is 0 Å². The van der Waals surface area contributed by atoms with E-state index in [1.165, 1.54) is 34.6 Å². The maximum absolute atomic E-state index is 12.9. The molecule has 1 saturated heterocycles. The molecular weight excluding hydrogens is 566 g/mol. The number of carbonyl (C=O) groups excluding carboxylic acids is 1. The first-order valence-corrected chi connectivity index (χ1v) is 15.3. The van der Waals surface area contributed by atoms with Crippen LogP contribution in [-0.4, -0.2) is 66.5 Å². The Morgan fingerprint density at radius 1 is 0.974 bits per heavy atom. The molecule has 39 heavy (non-hydrogen) atoms. The van der Waals surface area contributed by atoms with Crippen LogP contribution in [0, 0.1) is 6.92 Å². The number of ether oxygens (including phenoxy) is 2. The third-order valence-corrected chi connectivity index (χ3v) is 9.65. The predicted molar refractivity (Wildman–Crippen MR) is 147 cm³/mol. The normalized spacial score (nSPS) is 14.5. The molecule has 0 aromatic heterocycles. The lowest BCUT2D eigenvalue weighted by molar-refractivity contribution is 0.0730. The summed E-state index contributed by atoms with van der Waals surface area (Å²) in [4.78, 5) is 12.6. The first-order chi connectivity index (χ1) is 18.6. The Labute approximate surface area is 233 Å². The van der Waals surface area contributed by atoms with Crippen LogP contribution in [0.1, 0.15) is 15.9 Å². The van der Waals surface area contributed by atoms with E-state index in [-0.39, 0.29) is 33.5 Å². The van der Waals surface area contributed by atoms with Crippen LogP contribution < -0.4 is 14.8 Å². The fourth-order valence-corrected chi connectivity index (χ4v) is 6.76. The van der Waals surface area contributed by atoms with Gasteiger partial charge in [-0.15, -0.1) is 0 Å². The number of halogens is 1. The molecule has 2 N–H and O–H groups in total. The lowest BCUT2D eigenvalue weighted by atomic mass is 10.2. The Kier molecular flexibility index (Phi) is 9.13. The minimum atomic E-state index is -4.03. The summed E-state index contributed by atoms with van der Waals surface area (Å²) >= 11 is 6.14. The van der Waals surface area contributed by atoms with Gasteiger partial charge in [0.25, 0.3) is 15.9 Å². The van der Waals surface area contributed by atoms with Gasteiger partial charge in [-0.1, -0.05) is 29.3 Å². The first kappa shape index (κ1) is 28.8. The molecule has 0 spiro atoms. The van der Waals surface area contributed by atoms with E-state index in [1.807, 2.05) is 6.92 Å². The molecule has 1 heterocycles. The number of nitrogens with one attached hydrogen (secondary N) is 2. The van der Waals surface area contributed by atoms with Crippen molar-refractivity contribution < 1.29 is 31.1 Å². The number of morpholine rings is 1. The van der Waals surface area contributed by atoms with E-state index in [2.05, 4.69) is 10.0 Å². The summed E-state index contributed by atoms with van der Waals surface area (Å²) in [7, 11) is -7.63. The number of anilines is 1. The molecule has 10 nitrogen and oxygen atoms in total. The highest BCUT2D eigenvalue weighted by Crippen LogP contribution is 2.25. The summed E-state index contributed by atoms with van der Waals surface area (Å²) in [5.41, 5.74) is 1.46. The summed E-state index contributed by atoms with van der Waals surface area (Å²) in [6.45, 7) is 3.47. The SMILES string of the molecule is Cc1ccc(NS(=O)(=O)c2cc(C(=O)NCCOc3ccc(S(=O)(=O)N4CCOCC4)cc3)ccc2Cl)cc1. The largest absolute Gasteiger partial charge is 0.492 e. The van der Waals surface area contributed by atoms with Crippen LogP contribution >= 0.6 is 11.6 Å². The van der Waals surface area contributed by atoms with Gasteiger partial charge in [0.05, 0.1) is 29.7 Å². The van der Waals surface area contributed by atoms with Gasteiger partial charge in [-0.05, 0) is 61.5 Å². The monoisotopic (exact) mass is 593 g/mol. The number of sulfonamides is 2. The lowest BCUT2D eigenvalue weighted by Crippen LogP contribution is -2.40. The summed E-state index contributed by atoms with van der Waals surface area (Å²) in [6.07, 6.45) is 0. The number of aryl methyl sites for hydroxylation is 1. The molecule has 0 unspecified atom stereocenters. The number of carbonyl (C=O) groups is 1. The van der Waals surface area contributed by atoms with Crippen LogP contribution in [-0.2, 0) is 24.8 Å². The zero-order chi connectivity index (χ0) is 28.0. The fraction of sp³-hybridized carbons (Fsp3) is 0.269. The van der Waals surface area contributed by atoms with Crippen LogP contribution in [0.5, 0.6) is 5.75 Å². The van der Waals surface area contributed by atoms with Crippen molar-refractivity contribution in [3.8, 4) is 5.75 Å². The van der Waals surface area contributed by atoms with Gasteiger partial charge in [-0.3, -0.25) is 9.52 Å². The number of nitrogens with zero attached hydrogens (tertiary/aromatic N) is 1. The summed E-state index contributed by atoms with van der Waals surface area (Å²) in [5.74, 6) is -0.0683. The van der Waals surface area contributed by atoms with Gasteiger partial charge in [0.2, 0.25) is 10.0 Å². The zero-order valence-corrected chi connectivity index (χ0v) is 23.5. The summed E-state index contributed by atoms with van der Waals surface area (Å²) in [5, 5.41) is 2.65. The Balaban J connectivity index is 1.32. The van der Waals surface area contributed by atoms with Crippen LogP contribution in [0.3, 0.4) is 0 Å². The highest BCUT2D eigenvalue weighted by molar-refractivity contribution is 7.92. The molecule has 13 heteroatoms. The average molecular weight is 594 g/mol. The molecule has 0 saturated carbocycles. The smallest absolute Gasteiger partial charge is 0.263 e. The maximum atomic E-state index is 12.9. The van der Waals surface area contributed by atoms with E-state index in [4.69, 9.17) is 21.1 Å². The van der Waals surface area contributed by atoms with Crippen molar-refractivity contribution in [2.24, 2.45) is 0 Å². The number of benzene rings is 3. The van der Waals surface area contributed by atoms with Crippen molar-refractivity contribution >= 4 is 43.2 Å². The highest BCUT2D eigenvalue weighted by Gasteiger charge is 2.26. The van der Waals surface area contributed by atoms with Gasteiger partial charge in [0.15, 0.2) is 0 Å². The van der Waals surface area contributed by atoms with Crippen molar-refractivity contribution in [2.75, 3.05) is 44.2 Å². The molecule has 0 bridgehead atoms. The number of hydrogen-bond acceptors (Lipinski definition) is 7. The van der Waals surface area contributed by atoms with Crippen molar-refractivity contribution in [3.05, 3.63) is 82.9 Å². The Bertz CT molecular complexity index is 1520. The van der Waals surface area contributed by atoms with Crippen LogP contribution in [0.15, 0.2) is 76.5 Å². The van der Waals surface area contributed by atoms with Gasteiger partial charge in [0.1, 0.15) is 17.3 Å². The topological polar surface area (TPSA) is 131 Å². The van der Waals surface area contributed by atoms with Gasteiger partial charge in [-0.2, -0.15) is 4.31 Å². The summed E-state index contributed by atoms with van der Waals surface area (Å²) < 4.78 is 65.8. The van der Waals surface area contributed by atoms with Gasteiger partial charge in [-0.25, -0.2) is 16.8 Å². The van der Waals surface area contributed by atoms with E-state index in [9.17, 15) is 21.6 Å². The molecule has 3 aromatic rings. The second kappa shape index (κ2) is 12.3. The third-order valence-electron chi connectivity index (χ3n) is 5.87. The Hall–Kier alpha value is -3.16. The van der Waals surface area contributed by atoms with Gasteiger partial charge < -0.3 is 14.8 Å². The van der Waals surface area contributed by atoms with E-state index in [0.29, 0.717) is 37.7 Å². The molecule has 0 radical (unpaired) electrons. The second-order valence-electron chi connectivity index (χ2n) is 8.71. The predicted octanol–water partition coefficient (Wildman–Crippen LogP) is 3.28. The molecule has 0 atom stereocenters. The third kappa shape index (κ3) is 7.28. The Morgan fingerprint density at radius 3 is 2.31 bits per heavy atom. The van der Waals surface area contributed by atoms with E-state index in [1.54, 1.807) is 36.4 Å². The molecule has 208 valence electrons. The standard InChI is InChI=1S/C26H28ClN3O7S2/c1-19-2-5-21(6-3-19)29-38(32,33)25-18-20(4-11-24(25)27)26(31)28-12-15-37-22-7-9-23(10-8-22)39(34,35)30-13-16-36-17-14-30/h2-11,18,29H,12-17H2,1H3,(H,28,31). The molecular formula is C26H28ClN3O7S2. The number of rotatable bonds is 10. The van der Waals surface area contributed by atoms with E-state index in [0.717, 1.165) is 5.56 Å². The van der Waals surface area contributed by atoms with Crippen LogP contribution in [0.25, 0.3) is 0 Å². The molecule has 4 rings (SSSR count). The lowest BCUT2D eigenvalue weighted by Gasteiger charge is -2.26. The molecule has 0 aliphatic carbocycles. The number of hydrogen-bond donors (Lipinski definition) is 2. The van der Waals surface area contributed by atoms with Crippen molar-refractivity contribution in [3.63, 3.8) is 0 Å². The molecule has 1 amide bonds. The molecule has 1 fully saturated rings. The first-order valence-electron chi connectivity index (χ1n) is 12.0. The highest BCUT2D eigenvalue weighted by atomic mass is 35.5. The zero-order valence-electron chi connectivity index (χ0n) is 21.1. The average Bonchev–Trinajstić information content (AvgIpc) is 2.93. The molecule has 1 aliphatic heterocycles. The van der Waals surface area contributed by atoms with E-state index >= 15 is 0 Å². The minimum absolute atomic E-state index is 0.0198. The quantitative estimate of drug-likeness (QED) is 0.345. The minimum Gasteiger partial charge on any atom is -0.492 e. The molecule has 1 aliphatic rings. The van der Waals surface area contributed by atoms with Gasteiger partial charge >= 0.3 is 0 Å². The van der Waals surface area contributed by atoms with Crippen molar-refractivity contribution in [2.45, 2.75) is 16.7 Å². The van der Waals surface area contributed by atoms with Crippen LogP contribution in [0.4, 0.5) is 5.69 Å². The van der Waals surface area contributed by atoms with Crippen LogP contribution in [0.2, 0.25) is 5.02 Å². The summed E-state index contributed by atoms with van der Waals surface area (Å²) in [6, 6.07) is 16.8. The number of amides is 1. The van der Waals surface area contributed by atoms with Crippen molar-refractivity contribution in [1.82, 2.24) is 9.62 Å². The second-order valence-corrected chi connectivity index (χ2v) is 12.7. The van der Waals surface area contributed by atoms with Gasteiger partial charge in [0, 0.05) is 24.3 Å². The maximum Gasteiger partial charge on any atom is 0.263 e. The van der Waals surface area contributed by atoms with E-state index < -0.39 is 26.0 Å². The Morgan fingerprint density at radius 2 is 1.64 bits per heavy atom. The fourth-order valence-electron chi connectivity index (χ4n) is 3.76. The molecule has 3 aromatic carbocycles.